The lowest BCUT2D eigenvalue weighted by Crippen LogP contribution is -2.16. The molecule has 4 rings (SSSR count). The number of hydrogen-bond acceptors (Lipinski definition) is 5. The largest absolute Gasteiger partial charge is 0.486 e. The van der Waals surface area contributed by atoms with E-state index < -0.39 is 23.2 Å². The highest BCUT2D eigenvalue weighted by atomic mass is 19.1. The lowest BCUT2D eigenvalue weighted by atomic mass is 10.2. The van der Waals surface area contributed by atoms with E-state index in [0.29, 0.717) is 30.4 Å². The molecule has 2 N–H and O–H groups in total. The van der Waals surface area contributed by atoms with Crippen molar-refractivity contribution < 1.29 is 23.0 Å². The summed E-state index contributed by atoms with van der Waals surface area (Å²) < 4.78 is 38.3. The summed E-state index contributed by atoms with van der Waals surface area (Å²) in [5.74, 6) is -1.10. The van der Waals surface area contributed by atoms with Crippen LogP contribution in [0.2, 0.25) is 0 Å². The van der Waals surface area contributed by atoms with Crippen molar-refractivity contribution in [1.82, 2.24) is 4.98 Å². The third-order valence-corrected chi connectivity index (χ3v) is 4.03. The molecular weight excluding hydrogens is 368 g/mol. The van der Waals surface area contributed by atoms with E-state index in [9.17, 15) is 13.6 Å². The number of carbonyl (C=O) groups excluding carboxylic acids is 1. The smallest absolute Gasteiger partial charge is 0.274 e. The van der Waals surface area contributed by atoms with Gasteiger partial charge >= 0.3 is 0 Å². The number of ether oxygens (including phenoxy) is 2. The highest BCUT2D eigenvalue weighted by Gasteiger charge is 2.15. The van der Waals surface area contributed by atoms with Gasteiger partial charge in [-0.1, -0.05) is 6.07 Å². The maximum absolute atomic E-state index is 13.6. The van der Waals surface area contributed by atoms with E-state index in [1.165, 1.54) is 18.3 Å². The number of carbonyl (C=O) groups is 1. The van der Waals surface area contributed by atoms with E-state index in [0.717, 1.165) is 17.8 Å². The molecule has 1 aliphatic rings. The summed E-state index contributed by atoms with van der Waals surface area (Å²) in [6.45, 7) is 1.01. The Bertz CT molecular complexity index is 1010. The standard InChI is InChI=1S/C20H15F2N3O3/c21-14-2-1-3-15(22)19(14)25-20(26)16-6-4-13(11-23-16)24-12-5-7-17-18(10-12)28-9-8-27-17/h1-7,10-11,24H,8-9H2,(H,25,26). The Morgan fingerprint density at radius 2 is 1.64 bits per heavy atom. The Morgan fingerprint density at radius 1 is 0.929 bits per heavy atom. The van der Waals surface area contributed by atoms with Crippen LogP contribution in [0.25, 0.3) is 0 Å². The summed E-state index contributed by atoms with van der Waals surface area (Å²) >= 11 is 0. The Balaban J connectivity index is 1.46. The maximum atomic E-state index is 13.6. The maximum Gasteiger partial charge on any atom is 0.274 e. The lowest BCUT2D eigenvalue weighted by Gasteiger charge is -2.19. The SMILES string of the molecule is O=C(Nc1c(F)cccc1F)c1ccc(Nc2ccc3c(c2)OCCO3)cn1. The predicted molar refractivity (Wildman–Crippen MR) is 99.3 cm³/mol. The zero-order valence-electron chi connectivity index (χ0n) is 14.5. The average Bonchev–Trinajstić information content (AvgIpc) is 2.71. The second kappa shape index (κ2) is 7.51. The predicted octanol–water partition coefficient (Wildman–Crippen LogP) is 4.13. The van der Waals surface area contributed by atoms with Crippen molar-refractivity contribution in [3.05, 3.63) is 72.1 Å². The van der Waals surface area contributed by atoms with E-state index in [-0.39, 0.29) is 5.69 Å². The quantitative estimate of drug-likeness (QED) is 0.709. The van der Waals surface area contributed by atoms with Crippen LogP contribution in [0.1, 0.15) is 10.5 Å². The van der Waals surface area contributed by atoms with Gasteiger partial charge in [0.1, 0.15) is 36.2 Å². The molecule has 6 nitrogen and oxygen atoms in total. The fraction of sp³-hybridized carbons (Fsp3) is 0.100. The average molecular weight is 383 g/mol. The normalized spacial score (nSPS) is 12.4. The first kappa shape index (κ1) is 17.7. The summed E-state index contributed by atoms with van der Waals surface area (Å²) in [4.78, 5) is 16.2. The summed E-state index contributed by atoms with van der Waals surface area (Å²) in [7, 11) is 0. The Morgan fingerprint density at radius 3 is 2.36 bits per heavy atom. The summed E-state index contributed by atoms with van der Waals surface area (Å²) in [5.41, 5.74) is 0.908. The van der Waals surface area contributed by atoms with Crippen LogP contribution in [0, 0.1) is 11.6 Å². The number of nitrogens with zero attached hydrogens (tertiary/aromatic N) is 1. The molecule has 0 spiro atoms. The number of rotatable bonds is 4. The van der Waals surface area contributed by atoms with Crippen molar-refractivity contribution in [3.8, 4) is 11.5 Å². The molecule has 1 aromatic heterocycles. The first-order chi connectivity index (χ1) is 13.6. The van der Waals surface area contributed by atoms with Gasteiger partial charge in [0.15, 0.2) is 11.5 Å². The number of anilines is 3. The van der Waals surface area contributed by atoms with Crippen molar-refractivity contribution in [2.45, 2.75) is 0 Å². The molecule has 0 bridgehead atoms. The molecule has 142 valence electrons. The van der Waals surface area contributed by atoms with Gasteiger partial charge in [-0.2, -0.15) is 0 Å². The summed E-state index contributed by atoms with van der Waals surface area (Å²) in [6.07, 6.45) is 1.45. The molecule has 0 radical (unpaired) electrons. The number of benzene rings is 2. The van der Waals surface area contributed by atoms with Gasteiger partial charge in [0.2, 0.25) is 0 Å². The number of pyridine rings is 1. The van der Waals surface area contributed by atoms with Gasteiger partial charge in [-0.05, 0) is 36.4 Å². The fourth-order valence-corrected chi connectivity index (χ4v) is 2.68. The fourth-order valence-electron chi connectivity index (χ4n) is 2.68. The van der Waals surface area contributed by atoms with Crippen LogP contribution in [0.5, 0.6) is 11.5 Å². The Hall–Kier alpha value is -3.68. The number of aromatic nitrogens is 1. The molecule has 28 heavy (non-hydrogen) atoms. The molecule has 1 aliphatic heterocycles. The topological polar surface area (TPSA) is 72.5 Å². The third kappa shape index (κ3) is 3.71. The number of nitrogens with one attached hydrogen (secondary N) is 2. The van der Waals surface area contributed by atoms with Gasteiger partial charge < -0.3 is 20.1 Å². The van der Waals surface area contributed by atoms with Gasteiger partial charge in [-0.3, -0.25) is 4.79 Å². The zero-order valence-corrected chi connectivity index (χ0v) is 14.5. The van der Waals surface area contributed by atoms with E-state index in [2.05, 4.69) is 15.6 Å². The molecule has 2 aromatic carbocycles. The second-order valence-corrected chi connectivity index (χ2v) is 5.97. The van der Waals surface area contributed by atoms with Crippen LogP contribution in [0.4, 0.5) is 25.8 Å². The van der Waals surface area contributed by atoms with Gasteiger partial charge in [-0.15, -0.1) is 0 Å². The second-order valence-electron chi connectivity index (χ2n) is 5.97. The molecule has 2 heterocycles. The summed E-state index contributed by atoms with van der Waals surface area (Å²) in [6, 6.07) is 11.9. The molecule has 3 aromatic rings. The van der Waals surface area contributed by atoms with E-state index >= 15 is 0 Å². The Labute approximate surface area is 159 Å². The van der Waals surface area contributed by atoms with Crippen molar-refractivity contribution in [2.24, 2.45) is 0 Å². The van der Waals surface area contributed by atoms with Crippen LogP contribution < -0.4 is 20.1 Å². The molecule has 0 saturated heterocycles. The van der Waals surface area contributed by atoms with Crippen molar-refractivity contribution in [1.29, 1.82) is 0 Å². The first-order valence-electron chi connectivity index (χ1n) is 8.48. The number of hydrogen-bond donors (Lipinski definition) is 2. The lowest BCUT2D eigenvalue weighted by molar-refractivity contribution is 0.102. The van der Waals surface area contributed by atoms with Crippen LogP contribution in [0.15, 0.2) is 54.7 Å². The van der Waals surface area contributed by atoms with Crippen LogP contribution in [0.3, 0.4) is 0 Å². The summed E-state index contributed by atoms with van der Waals surface area (Å²) in [5, 5.41) is 5.33. The molecule has 0 aliphatic carbocycles. The number of halogens is 2. The van der Waals surface area contributed by atoms with Gasteiger partial charge in [0, 0.05) is 11.8 Å². The molecule has 1 amide bonds. The molecular formula is C20H15F2N3O3. The number of amides is 1. The minimum absolute atomic E-state index is 0.0235. The molecule has 0 fully saturated rings. The van der Waals surface area contributed by atoms with Crippen LogP contribution >= 0.6 is 0 Å². The third-order valence-electron chi connectivity index (χ3n) is 4.03. The van der Waals surface area contributed by atoms with Gasteiger partial charge in [-0.25, -0.2) is 13.8 Å². The Kier molecular flexibility index (Phi) is 4.76. The number of para-hydroxylation sites is 1. The van der Waals surface area contributed by atoms with Gasteiger partial charge in [0.25, 0.3) is 5.91 Å². The first-order valence-corrected chi connectivity index (χ1v) is 8.48. The minimum atomic E-state index is -0.856. The van der Waals surface area contributed by atoms with Crippen LogP contribution in [-0.4, -0.2) is 24.1 Å². The van der Waals surface area contributed by atoms with Crippen molar-refractivity contribution in [2.75, 3.05) is 23.8 Å². The zero-order chi connectivity index (χ0) is 19.5. The van der Waals surface area contributed by atoms with Gasteiger partial charge in [0.05, 0.1) is 11.9 Å². The molecule has 0 atom stereocenters. The van der Waals surface area contributed by atoms with E-state index in [1.54, 1.807) is 18.2 Å². The highest BCUT2D eigenvalue weighted by Crippen LogP contribution is 2.33. The van der Waals surface area contributed by atoms with Crippen LogP contribution in [-0.2, 0) is 0 Å². The molecule has 0 saturated carbocycles. The monoisotopic (exact) mass is 383 g/mol. The number of fused-ring (bicyclic) bond motifs is 1. The van der Waals surface area contributed by atoms with Crippen molar-refractivity contribution >= 4 is 23.0 Å². The highest BCUT2D eigenvalue weighted by molar-refractivity contribution is 6.03. The van der Waals surface area contributed by atoms with E-state index in [4.69, 9.17) is 9.47 Å². The van der Waals surface area contributed by atoms with Crippen molar-refractivity contribution in [3.63, 3.8) is 0 Å². The molecule has 8 heteroatoms. The van der Waals surface area contributed by atoms with E-state index in [1.807, 2.05) is 6.07 Å². The minimum Gasteiger partial charge on any atom is -0.486 e. The molecule has 0 unspecified atom stereocenters.